The van der Waals surface area contributed by atoms with E-state index in [9.17, 15) is 5.11 Å². The molecule has 0 radical (unpaired) electrons. The van der Waals surface area contributed by atoms with Gasteiger partial charge >= 0.3 is 0 Å². The average Bonchev–Trinajstić information content (AvgIpc) is 2.48. The molecular formula is C19H33NO3. The van der Waals surface area contributed by atoms with Gasteiger partial charge in [0.25, 0.3) is 0 Å². The molecule has 0 aliphatic heterocycles. The Morgan fingerprint density at radius 2 is 1.52 bits per heavy atom. The Balaban J connectivity index is 3.03. The van der Waals surface area contributed by atoms with E-state index >= 15 is 0 Å². The van der Waals surface area contributed by atoms with Gasteiger partial charge in [0, 0.05) is 12.6 Å². The van der Waals surface area contributed by atoms with Crippen molar-refractivity contribution in [3.63, 3.8) is 0 Å². The van der Waals surface area contributed by atoms with Crippen LogP contribution in [0.25, 0.3) is 0 Å². The van der Waals surface area contributed by atoms with Gasteiger partial charge in [0.1, 0.15) is 0 Å². The molecule has 0 aliphatic carbocycles. The van der Waals surface area contributed by atoms with Crippen molar-refractivity contribution < 1.29 is 14.6 Å². The second kappa shape index (κ2) is 9.78. The highest BCUT2D eigenvalue weighted by Gasteiger charge is 2.17. The van der Waals surface area contributed by atoms with Gasteiger partial charge in [-0.2, -0.15) is 0 Å². The maximum absolute atomic E-state index is 9.31. The first-order chi connectivity index (χ1) is 10.8. The molecule has 0 aromatic heterocycles. The van der Waals surface area contributed by atoms with Crippen LogP contribution in [-0.4, -0.2) is 43.9 Å². The molecule has 4 nitrogen and oxygen atoms in total. The smallest absolute Gasteiger partial charge is 0.161 e. The zero-order chi connectivity index (χ0) is 17.4. The lowest BCUT2D eigenvalue weighted by atomic mass is 10.0. The van der Waals surface area contributed by atoms with Gasteiger partial charge in [-0.1, -0.05) is 33.8 Å². The summed E-state index contributed by atoms with van der Waals surface area (Å²) in [4.78, 5) is 2.12. The minimum Gasteiger partial charge on any atom is -0.489 e. The van der Waals surface area contributed by atoms with Crippen LogP contribution in [0.5, 0.6) is 11.5 Å². The van der Waals surface area contributed by atoms with Crippen LogP contribution in [0.1, 0.15) is 45.7 Å². The fraction of sp³-hybridized carbons (Fsp3) is 0.684. The summed E-state index contributed by atoms with van der Waals surface area (Å²) in [6, 6.07) is 6.28. The highest BCUT2D eigenvalue weighted by molar-refractivity contribution is 5.44. The Bertz CT molecular complexity index is 458. The molecule has 0 saturated carbocycles. The number of aliphatic hydroxyl groups is 1. The number of nitrogens with zero attached hydrogens (tertiary/aromatic N) is 1. The molecule has 1 N–H and O–H groups in total. The van der Waals surface area contributed by atoms with E-state index in [1.165, 1.54) is 0 Å². The lowest BCUT2D eigenvalue weighted by Gasteiger charge is -2.25. The molecule has 1 rings (SSSR count). The quantitative estimate of drug-likeness (QED) is 0.712. The summed E-state index contributed by atoms with van der Waals surface area (Å²) >= 11 is 0. The summed E-state index contributed by atoms with van der Waals surface area (Å²) in [6.45, 7) is 10.0. The second-order valence-electron chi connectivity index (χ2n) is 7.11. The van der Waals surface area contributed by atoms with Gasteiger partial charge in [-0.15, -0.1) is 0 Å². The van der Waals surface area contributed by atoms with E-state index in [4.69, 9.17) is 9.47 Å². The van der Waals surface area contributed by atoms with Crippen LogP contribution in [-0.2, 0) is 0 Å². The summed E-state index contributed by atoms with van der Waals surface area (Å²) in [5.74, 6) is 2.52. The first-order valence-corrected chi connectivity index (χ1v) is 8.52. The molecule has 0 amide bonds. The summed E-state index contributed by atoms with van der Waals surface area (Å²) in [6.07, 6.45) is 0.697. The van der Waals surface area contributed by atoms with Crippen molar-refractivity contribution in [2.24, 2.45) is 11.8 Å². The monoisotopic (exact) mass is 323 g/mol. The lowest BCUT2D eigenvalue weighted by molar-refractivity contribution is 0.208. The van der Waals surface area contributed by atoms with E-state index in [-0.39, 0.29) is 12.6 Å². The third kappa shape index (κ3) is 6.80. The van der Waals surface area contributed by atoms with E-state index in [0.29, 0.717) is 31.5 Å². The molecule has 0 bridgehead atoms. The van der Waals surface area contributed by atoms with Crippen LogP contribution >= 0.6 is 0 Å². The van der Waals surface area contributed by atoms with E-state index in [0.717, 1.165) is 17.1 Å². The van der Waals surface area contributed by atoms with Crippen molar-refractivity contribution in [1.29, 1.82) is 0 Å². The van der Waals surface area contributed by atoms with Crippen LogP contribution in [0.4, 0.5) is 0 Å². The number of aliphatic hydroxyl groups excluding tert-OH is 1. The first kappa shape index (κ1) is 19.8. The van der Waals surface area contributed by atoms with Crippen molar-refractivity contribution in [2.45, 2.75) is 40.2 Å². The fourth-order valence-corrected chi connectivity index (χ4v) is 2.32. The van der Waals surface area contributed by atoms with Crippen LogP contribution < -0.4 is 9.47 Å². The summed E-state index contributed by atoms with van der Waals surface area (Å²) in [5.41, 5.74) is 1.14. The van der Waals surface area contributed by atoms with Crippen LogP contribution in [0.2, 0.25) is 0 Å². The molecule has 1 atom stereocenters. The molecule has 4 heteroatoms. The molecule has 1 aromatic carbocycles. The summed E-state index contributed by atoms with van der Waals surface area (Å²) < 4.78 is 11.9. The Kier molecular flexibility index (Phi) is 8.42. The average molecular weight is 323 g/mol. The zero-order valence-corrected chi connectivity index (χ0v) is 15.5. The van der Waals surface area contributed by atoms with Crippen molar-refractivity contribution in [3.05, 3.63) is 23.8 Å². The molecular weight excluding hydrogens is 290 g/mol. The molecule has 1 unspecified atom stereocenters. The largest absolute Gasteiger partial charge is 0.489 e. The molecule has 0 aliphatic rings. The molecule has 132 valence electrons. The van der Waals surface area contributed by atoms with Crippen LogP contribution in [0.15, 0.2) is 18.2 Å². The Labute approximate surface area is 141 Å². The number of hydrogen-bond donors (Lipinski definition) is 1. The van der Waals surface area contributed by atoms with E-state index < -0.39 is 0 Å². The van der Waals surface area contributed by atoms with E-state index in [1.54, 1.807) is 0 Å². The van der Waals surface area contributed by atoms with Gasteiger partial charge < -0.3 is 19.5 Å². The molecule has 0 saturated heterocycles. The van der Waals surface area contributed by atoms with Crippen LogP contribution in [0.3, 0.4) is 0 Å². The van der Waals surface area contributed by atoms with Gasteiger partial charge in [0.15, 0.2) is 11.5 Å². The fourth-order valence-electron chi connectivity index (χ4n) is 2.32. The highest BCUT2D eigenvalue weighted by Crippen LogP contribution is 2.33. The summed E-state index contributed by atoms with van der Waals surface area (Å²) in [5, 5.41) is 9.31. The standard InChI is InChI=1S/C19H33NO3/c1-14(2)12-22-18-8-7-16(17(9-10-21)20(5)6)11-19(18)23-13-15(3)4/h7-8,11,14-15,17,21H,9-10,12-13H2,1-6H3. The Morgan fingerprint density at radius 3 is 2.00 bits per heavy atom. The maximum atomic E-state index is 9.31. The highest BCUT2D eigenvalue weighted by atomic mass is 16.5. The number of hydrogen-bond acceptors (Lipinski definition) is 4. The van der Waals surface area contributed by atoms with Gasteiger partial charge in [0.05, 0.1) is 13.2 Å². The minimum atomic E-state index is 0.163. The van der Waals surface area contributed by atoms with Gasteiger partial charge in [-0.05, 0) is 50.0 Å². The normalized spacial score (nSPS) is 13.0. The van der Waals surface area contributed by atoms with Gasteiger partial charge in [-0.25, -0.2) is 0 Å². The third-order valence-electron chi connectivity index (χ3n) is 3.52. The Morgan fingerprint density at radius 1 is 0.957 bits per heavy atom. The van der Waals surface area contributed by atoms with Gasteiger partial charge in [-0.3, -0.25) is 0 Å². The summed E-state index contributed by atoms with van der Waals surface area (Å²) in [7, 11) is 4.05. The van der Waals surface area contributed by atoms with E-state index in [1.807, 2.05) is 20.2 Å². The molecule has 23 heavy (non-hydrogen) atoms. The predicted molar refractivity (Wildman–Crippen MR) is 95.2 cm³/mol. The van der Waals surface area contributed by atoms with Crippen molar-refractivity contribution in [3.8, 4) is 11.5 Å². The predicted octanol–water partition coefficient (Wildman–Crippen LogP) is 3.74. The molecule has 1 aromatic rings. The number of rotatable bonds is 10. The SMILES string of the molecule is CC(C)COc1ccc(C(CCO)N(C)C)cc1OCC(C)C. The molecule has 0 spiro atoms. The van der Waals surface area contributed by atoms with E-state index in [2.05, 4.69) is 44.7 Å². The zero-order valence-electron chi connectivity index (χ0n) is 15.5. The molecule has 0 heterocycles. The minimum absolute atomic E-state index is 0.163. The van der Waals surface area contributed by atoms with Crippen molar-refractivity contribution in [1.82, 2.24) is 4.90 Å². The molecule has 0 fully saturated rings. The second-order valence-corrected chi connectivity index (χ2v) is 7.11. The number of ether oxygens (including phenoxy) is 2. The topological polar surface area (TPSA) is 41.9 Å². The van der Waals surface area contributed by atoms with Crippen molar-refractivity contribution in [2.75, 3.05) is 33.9 Å². The van der Waals surface area contributed by atoms with Crippen molar-refractivity contribution >= 4 is 0 Å². The van der Waals surface area contributed by atoms with Gasteiger partial charge in [0.2, 0.25) is 0 Å². The van der Waals surface area contributed by atoms with Crippen LogP contribution in [0, 0.1) is 11.8 Å². The maximum Gasteiger partial charge on any atom is 0.161 e. The third-order valence-corrected chi connectivity index (χ3v) is 3.52. The Hall–Kier alpha value is -1.26. The first-order valence-electron chi connectivity index (χ1n) is 8.52. The number of benzene rings is 1. The lowest BCUT2D eigenvalue weighted by Crippen LogP contribution is -2.21.